The van der Waals surface area contributed by atoms with E-state index in [2.05, 4.69) is 10.1 Å². The summed E-state index contributed by atoms with van der Waals surface area (Å²) in [5, 5.41) is 21.2. The number of benzene rings is 2. The van der Waals surface area contributed by atoms with Crippen LogP contribution in [-0.4, -0.2) is 36.7 Å². The van der Waals surface area contributed by atoms with E-state index in [1.54, 1.807) is 19.1 Å². The molecule has 0 aliphatic carbocycles. The number of hydrogen-bond donors (Lipinski definition) is 2. The van der Waals surface area contributed by atoms with E-state index >= 15 is 0 Å². The van der Waals surface area contributed by atoms with Crippen molar-refractivity contribution in [3.05, 3.63) is 64.7 Å². The van der Waals surface area contributed by atoms with Gasteiger partial charge in [0.15, 0.2) is 0 Å². The quantitative estimate of drug-likeness (QED) is 0.420. The summed E-state index contributed by atoms with van der Waals surface area (Å²) in [6.45, 7) is 2.03. The van der Waals surface area contributed by atoms with Crippen molar-refractivity contribution in [3.63, 3.8) is 0 Å². The van der Waals surface area contributed by atoms with Gasteiger partial charge in [-0.1, -0.05) is 6.07 Å². The molecule has 148 valence electrons. The van der Waals surface area contributed by atoms with Gasteiger partial charge in [0.05, 0.1) is 19.3 Å². The normalized spacial score (nSPS) is 10.6. The van der Waals surface area contributed by atoms with Crippen LogP contribution in [0, 0.1) is 11.3 Å². The predicted molar refractivity (Wildman–Crippen MR) is 105 cm³/mol. The number of anilines is 1. The molecule has 0 heterocycles. The van der Waals surface area contributed by atoms with Gasteiger partial charge in [-0.05, 0) is 55.0 Å². The molecule has 2 aromatic carbocycles. The molecule has 0 aliphatic heterocycles. The zero-order valence-electron chi connectivity index (χ0n) is 15.8. The topological polar surface area (TPSA) is 126 Å². The molecule has 0 atom stereocenters. The lowest BCUT2D eigenvalue weighted by atomic mass is 10.1. The van der Waals surface area contributed by atoms with Crippen LogP contribution in [0.15, 0.2) is 48.0 Å². The number of amides is 1. The van der Waals surface area contributed by atoms with Crippen molar-refractivity contribution in [2.75, 3.05) is 19.0 Å². The maximum atomic E-state index is 12.4. The van der Waals surface area contributed by atoms with Crippen molar-refractivity contribution < 1.29 is 29.0 Å². The fourth-order valence-corrected chi connectivity index (χ4v) is 2.41. The number of carbonyl (C=O) groups excluding carboxylic acids is 2. The first-order valence-corrected chi connectivity index (χ1v) is 8.51. The van der Waals surface area contributed by atoms with Gasteiger partial charge in [0.25, 0.3) is 5.91 Å². The van der Waals surface area contributed by atoms with Gasteiger partial charge < -0.3 is 19.9 Å². The minimum atomic E-state index is -1.18. The molecular weight excluding hydrogens is 376 g/mol. The average Bonchev–Trinajstić information content (AvgIpc) is 2.72. The number of esters is 1. The summed E-state index contributed by atoms with van der Waals surface area (Å²) in [4.78, 5) is 35.2. The SMILES string of the molecule is CCOc1ccc(/C=C(\C#N)C(=O)Nc2ccc(C(=O)OC)cc2)cc1C(=O)O. The van der Waals surface area contributed by atoms with E-state index in [1.165, 1.54) is 49.6 Å². The molecule has 0 fully saturated rings. The van der Waals surface area contributed by atoms with Crippen LogP contribution >= 0.6 is 0 Å². The number of rotatable bonds is 7. The zero-order chi connectivity index (χ0) is 21.4. The van der Waals surface area contributed by atoms with Crippen LogP contribution in [0.25, 0.3) is 6.08 Å². The van der Waals surface area contributed by atoms with E-state index in [1.807, 2.05) is 0 Å². The van der Waals surface area contributed by atoms with Gasteiger partial charge in [-0.15, -0.1) is 0 Å². The lowest BCUT2D eigenvalue weighted by Crippen LogP contribution is -2.13. The lowest BCUT2D eigenvalue weighted by molar-refractivity contribution is -0.112. The Morgan fingerprint density at radius 3 is 2.41 bits per heavy atom. The first kappa shape index (κ1) is 21.2. The highest BCUT2D eigenvalue weighted by atomic mass is 16.5. The largest absolute Gasteiger partial charge is 0.493 e. The minimum absolute atomic E-state index is 0.0725. The number of carboxylic acid groups (broad SMARTS) is 1. The van der Waals surface area contributed by atoms with Crippen LogP contribution < -0.4 is 10.1 Å². The van der Waals surface area contributed by atoms with Gasteiger partial charge in [0.1, 0.15) is 23.0 Å². The first-order chi connectivity index (χ1) is 13.9. The first-order valence-electron chi connectivity index (χ1n) is 8.51. The number of nitriles is 1. The van der Waals surface area contributed by atoms with Gasteiger partial charge in [0, 0.05) is 5.69 Å². The molecule has 8 heteroatoms. The Kier molecular flexibility index (Phi) is 7.09. The molecule has 8 nitrogen and oxygen atoms in total. The number of aromatic carboxylic acids is 1. The van der Waals surface area contributed by atoms with Crippen molar-refractivity contribution in [2.24, 2.45) is 0 Å². The molecule has 0 aromatic heterocycles. The summed E-state index contributed by atoms with van der Waals surface area (Å²) in [6, 6.07) is 12.1. The Labute approximate surface area is 167 Å². The summed E-state index contributed by atoms with van der Waals surface area (Å²) in [6.07, 6.45) is 1.28. The Morgan fingerprint density at radius 2 is 1.86 bits per heavy atom. The summed E-state index contributed by atoms with van der Waals surface area (Å²) in [5.41, 5.74) is 0.761. The number of carboxylic acids is 1. The van der Waals surface area contributed by atoms with Crippen LogP contribution in [0.4, 0.5) is 5.69 Å². The van der Waals surface area contributed by atoms with Crippen molar-refractivity contribution in [2.45, 2.75) is 6.92 Å². The molecule has 2 aromatic rings. The van der Waals surface area contributed by atoms with Crippen LogP contribution in [-0.2, 0) is 9.53 Å². The molecule has 0 saturated heterocycles. The lowest BCUT2D eigenvalue weighted by Gasteiger charge is -2.08. The highest BCUT2D eigenvalue weighted by Crippen LogP contribution is 2.22. The molecule has 0 unspecified atom stereocenters. The summed E-state index contributed by atoms with van der Waals surface area (Å²) in [5.74, 6) is -2.17. The second kappa shape index (κ2) is 9.71. The molecule has 0 saturated carbocycles. The number of hydrogen-bond acceptors (Lipinski definition) is 6. The van der Waals surface area contributed by atoms with Crippen LogP contribution in [0.1, 0.15) is 33.2 Å². The zero-order valence-corrected chi connectivity index (χ0v) is 15.8. The molecule has 0 radical (unpaired) electrons. The van der Waals surface area contributed by atoms with E-state index < -0.39 is 17.8 Å². The number of nitrogens with zero attached hydrogens (tertiary/aromatic N) is 1. The van der Waals surface area contributed by atoms with Crippen LogP contribution in [0.5, 0.6) is 5.75 Å². The Bertz CT molecular complexity index is 1000. The molecule has 29 heavy (non-hydrogen) atoms. The van der Waals surface area contributed by atoms with Gasteiger partial charge >= 0.3 is 11.9 Å². The van der Waals surface area contributed by atoms with Crippen molar-refractivity contribution in [1.29, 1.82) is 5.26 Å². The summed E-state index contributed by atoms with van der Waals surface area (Å²) >= 11 is 0. The Hall–Kier alpha value is -4.12. The average molecular weight is 394 g/mol. The molecule has 2 rings (SSSR count). The fraction of sp³-hybridized carbons (Fsp3) is 0.143. The molecule has 0 bridgehead atoms. The van der Waals surface area contributed by atoms with Crippen molar-refractivity contribution in [1.82, 2.24) is 0 Å². The Balaban J connectivity index is 2.24. The molecule has 0 aliphatic rings. The van der Waals surface area contributed by atoms with Crippen molar-refractivity contribution in [3.8, 4) is 11.8 Å². The number of ether oxygens (including phenoxy) is 2. The van der Waals surface area contributed by atoms with Crippen LogP contribution in [0.3, 0.4) is 0 Å². The maximum Gasteiger partial charge on any atom is 0.339 e. The van der Waals surface area contributed by atoms with Gasteiger partial charge in [-0.25, -0.2) is 9.59 Å². The number of carbonyl (C=O) groups is 3. The molecule has 0 spiro atoms. The Morgan fingerprint density at radius 1 is 1.17 bits per heavy atom. The third-order valence-electron chi connectivity index (χ3n) is 3.77. The van der Waals surface area contributed by atoms with Gasteiger partial charge in [-0.2, -0.15) is 5.26 Å². The highest BCUT2D eigenvalue weighted by molar-refractivity contribution is 6.10. The fourth-order valence-electron chi connectivity index (χ4n) is 2.41. The standard InChI is InChI=1S/C21H18N2O6/c1-3-29-18-9-4-13(11-17(18)20(25)26)10-15(12-22)19(24)23-16-7-5-14(6-8-16)21(27)28-2/h4-11H,3H2,1-2H3,(H,23,24)(H,25,26)/b15-10+. The number of methoxy groups -OCH3 is 1. The molecule has 1 amide bonds. The highest BCUT2D eigenvalue weighted by Gasteiger charge is 2.14. The molecule has 2 N–H and O–H groups in total. The third kappa shape index (κ3) is 5.43. The third-order valence-corrected chi connectivity index (χ3v) is 3.77. The van der Waals surface area contributed by atoms with E-state index in [-0.39, 0.29) is 16.9 Å². The second-order valence-electron chi connectivity index (χ2n) is 5.69. The van der Waals surface area contributed by atoms with E-state index in [0.717, 1.165) is 0 Å². The van der Waals surface area contributed by atoms with E-state index in [0.29, 0.717) is 23.4 Å². The maximum absolute atomic E-state index is 12.4. The molecular formula is C21H18N2O6. The van der Waals surface area contributed by atoms with Gasteiger partial charge in [-0.3, -0.25) is 4.79 Å². The summed E-state index contributed by atoms with van der Waals surface area (Å²) < 4.78 is 9.87. The second-order valence-corrected chi connectivity index (χ2v) is 5.69. The minimum Gasteiger partial charge on any atom is -0.493 e. The van der Waals surface area contributed by atoms with Crippen LogP contribution in [0.2, 0.25) is 0 Å². The summed E-state index contributed by atoms with van der Waals surface area (Å²) in [7, 11) is 1.26. The van der Waals surface area contributed by atoms with E-state index in [4.69, 9.17) is 4.74 Å². The van der Waals surface area contributed by atoms with E-state index in [9.17, 15) is 24.8 Å². The number of nitrogens with one attached hydrogen (secondary N) is 1. The monoisotopic (exact) mass is 394 g/mol. The predicted octanol–water partition coefficient (Wildman–Crippen LogP) is 3.12. The van der Waals surface area contributed by atoms with Gasteiger partial charge in [0.2, 0.25) is 0 Å². The van der Waals surface area contributed by atoms with Crippen molar-refractivity contribution >= 4 is 29.6 Å². The smallest absolute Gasteiger partial charge is 0.339 e.